The number of carbonyl (C=O) groups is 1. The molecular weight excluding hydrogens is 226 g/mol. The molecule has 0 saturated heterocycles. The third-order valence-corrected chi connectivity index (χ3v) is 4.85. The zero-order valence-corrected chi connectivity index (χ0v) is 10.7. The van der Waals surface area contributed by atoms with Crippen LogP contribution in [0, 0.1) is 24.2 Å². The summed E-state index contributed by atoms with van der Waals surface area (Å²) in [6.07, 6.45) is 8.59. The number of carboxylic acids is 1. The van der Waals surface area contributed by atoms with E-state index in [2.05, 4.69) is 11.1 Å². The molecule has 0 amide bonds. The first kappa shape index (κ1) is 11.7. The lowest BCUT2D eigenvalue weighted by atomic mass is 9.69. The number of pyridine rings is 1. The van der Waals surface area contributed by atoms with Gasteiger partial charge in [0, 0.05) is 12.4 Å². The van der Waals surface area contributed by atoms with Crippen LogP contribution in [0.1, 0.15) is 36.8 Å². The smallest absolute Gasteiger partial charge is 0.310 e. The average Bonchev–Trinajstić information content (AvgIpc) is 2.89. The molecular formula is C15H19NO2. The number of nitrogens with zero attached hydrogens (tertiary/aromatic N) is 1. The van der Waals surface area contributed by atoms with E-state index < -0.39 is 11.4 Å². The Bertz CT molecular complexity index is 485. The van der Waals surface area contributed by atoms with E-state index in [1.54, 1.807) is 0 Å². The monoisotopic (exact) mass is 245 g/mol. The number of aryl methyl sites for hydroxylation is 1. The molecule has 96 valence electrons. The van der Waals surface area contributed by atoms with Gasteiger partial charge in [0.2, 0.25) is 0 Å². The normalized spacial score (nSPS) is 33.8. The highest BCUT2D eigenvalue weighted by Crippen LogP contribution is 2.57. The van der Waals surface area contributed by atoms with Gasteiger partial charge in [-0.15, -0.1) is 0 Å². The van der Waals surface area contributed by atoms with Gasteiger partial charge in [-0.2, -0.15) is 0 Å². The van der Waals surface area contributed by atoms with Crippen LogP contribution in [0.4, 0.5) is 0 Å². The van der Waals surface area contributed by atoms with E-state index in [9.17, 15) is 9.90 Å². The average molecular weight is 245 g/mol. The van der Waals surface area contributed by atoms with Crippen molar-refractivity contribution >= 4 is 5.97 Å². The minimum atomic E-state index is -0.601. The SMILES string of the molecule is Cc1cncc(CC2(C(=O)O)CC3CCC2C3)c1. The Morgan fingerprint density at radius 3 is 2.89 bits per heavy atom. The second-order valence-electron chi connectivity index (χ2n) is 6.09. The second kappa shape index (κ2) is 4.08. The summed E-state index contributed by atoms with van der Waals surface area (Å²) in [5.41, 5.74) is 1.67. The lowest BCUT2D eigenvalue weighted by Crippen LogP contribution is -2.38. The van der Waals surface area contributed by atoms with E-state index in [1.807, 2.05) is 19.3 Å². The fraction of sp³-hybridized carbons (Fsp3) is 0.600. The first-order valence-corrected chi connectivity index (χ1v) is 6.74. The molecule has 1 aromatic heterocycles. The molecule has 0 spiro atoms. The van der Waals surface area contributed by atoms with E-state index in [0.717, 1.165) is 30.4 Å². The molecule has 3 atom stereocenters. The van der Waals surface area contributed by atoms with Gasteiger partial charge in [0.05, 0.1) is 5.41 Å². The van der Waals surface area contributed by atoms with Crippen LogP contribution in [-0.2, 0) is 11.2 Å². The van der Waals surface area contributed by atoms with Crippen molar-refractivity contribution < 1.29 is 9.90 Å². The Hall–Kier alpha value is -1.38. The maximum absolute atomic E-state index is 11.8. The van der Waals surface area contributed by atoms with Gasteiger partial charge in [-0.3, -0.25) is 9.78 Å². The minimum absolute atomic E-state index is 0.375. The van der Waals surface area contributed by atoms with Crippen LogP contribution in [-0.4, -0.2) is 16.1 Å². The molecule has 1 heterocycles. The van der Waals surface area contributed by atoms with E-state index in [4.69, 9.17) is 0 Å². The van der Waals surface area contributed by atoms with Gasteiger partial charge in [0.25, 0.3) is 0 Å². The Kier molecular flexibility index (Phi) is 2.65. The van der Waals surface area contributed by atoms with Crippen LogP contribution in [0.3, 0.4) is 0 Å². The van der Waals surface area contributed by atoms with Crippen molar-refractivity contribution in [1.29, 1.82) is 0 Å². The predicted octanol–water partition coefficient (Wildman–Crippen LogP) is 2.82. The minimum Gasteiger partial charge on any atom is -0.481 e. The first-order chi connectivity index (χ1) is 8.60. The topological polar surface area (TPSA) is 50.2 Å². The summed E-state index contributed by atoms with van der Waals surface area (Å²) in [6, 6.07) is 2.07. The molecule has 3 nitrogen and oxygen atoms in total. The number of rotatable bonds is 3. The zero-order valence-electron chi connectivity index (χ0n) is 10.7. The molecule has 1 aromatic rings. The Balaban J connectivity index is 1.90. The van der Waals surface area contributed by atoms with Crippen molar-refractivity contribution in [3.8, 4) is 0 Å². The lowest BCUT2D eigenvalue weighted by molar-refractivity contribution is -0.152. The highest BCUT2D eigenvalue weighted by molar-refractivity contribution is 5.76. The van der Waals surface area contributed by atoms with Crippen molar-refractivity contribution in [3.05, 3.63) is 29.6 Å². The molecule has 3 rings (SSSR count). The van der Waals surface area contributed by atoms with Crippen molar-refractivity contribution in [2.45, 2.75) is 39.0 Å². The molecule has 0 radical (unpaired) electrons. The van der Waals surface area contributed by atoms with E-state index >= 15 is 0 Å². The van der Waals surface area contributed by atoms with E-state index in [0.29, 0.717) is 18.3 Å². The van der Waals surface area contributed by atoms with Crippen LogP contribution in [0.5, 0.6) is 0 Å². The van der Waals surface area contributed by atoms with Crippen molar-refractivity contribution in [2.24, 2.45) is 17.3 Å². The highest BCUT2D eigenvalue weighted by atomic mass is 16.4. The summed E-state index contributed by atoms with van der Waals surface area (Å²) < 4.78 is 0. The number of aliphatic carboxylic acids is 1. The summed E-state index contributed by atoms with van der Waals surface area (Å²) >= 11 is 0. The number of hydrogen-bond donors (Lipinski definition) is 1. The number of aromatic nitrogens is 1. The highest BCUT2D eigenvalue weighted by Gasteiger charge is 2.55. The molecule has 2 bridgehead atoms. The molecule has 0 aromatic carbocycles. The van der Waals surface area contributed by atoms with Crippen LogP contribution >= 0.6 is 0 Å². The molecule has 1 N–H and O–H groups in total. The van der Waals surface area contributed by atoms with Crippen molar-refractivity contribution in [1.82, 2.24) is 4.98 Å². The number of fused-ring (bicyclic) bond motifs is 2. The van der Waals surface area contributed by atoms with Gasteiger partial charge in [0.1, 0.15) is 0 Å². The largest absolute Gasteiger partial charge is 0.481 e. The summed E-state index contributed by atoms with van der Waals surface area (Å²) in [5.74, 6) is 0.417. The number of carboxylic acid groups (broad SMARTS) is 1. The van der Waals surface area contributed by atoms with Gasteiger partial charge < -0.3 is 5.11 Å². The fourth-order valence-corrected chi connectivity index (χ4v) is 4.08. The van der Waals surface area contributed by atoms with Crippen LogP contribution < -0.4 is 0 Å². The predicted molar refractivity (Wildman–Crippen MR) is 68.2 cm³/mol. The molecule has 3 heteroatoms. The third kappa shape index (κ3) is 1.73. The van der Waals surface area contributed by atoms with Gasteiger partial charge in [-0.05, 0) is 55.6 Å². The molecule has 2 aliphatic rings. The van der Waals surface area contributed by atoms with Gasteiger partial charge >= 0.3 is 5.97 Å². The van der Waals surface area contributed by atoms with E-state index in [-0.39, 0.29) is 0 Å². The Labute approximate surface area is 107 Å². The second-order valence-corrected chi connectivity index (χ2v) is 6.09. The summed E-state index contributed by atoms with van der Waals surface area (Å²) in [7, 11) is 0. The van der Waals surface area contributed by atoms with Crippen molar-refractivity contribution in [3.63, 3.8) is 0 Å². The van der Waals surface area contributed by atoms with Crippen LogP contribution in [0.2, 0.25) is 0 Å². The van der Waals surface area contributed by atoms with Crippen LogP contribution in [0.25, 0.3) is 0 Å². The summed E-state index contributed by atoms with van der Waals surface area (Å²) in [5, 5.41) is 9.70. The fourth-order valence-electron chi connectivity index (χ4n) is 4.08. The molecule has 2 fully saturated rings. The van der Waals surface area contributed by atoms with Gasteiger partial charge in [-0.25, -0.2) is 0 Å². The molecule has 18 heavy (non-hydrogen) atoms. The molecule has 0 aliphatic heterocycles. The molecule has 2 saturated carbocycles. The summed E-state index contributed by atoms with van der Waals surface area (Å²) in [4.78, 5) is 16.0. The maximum Gasteiger partial charge on any atom is 0.310 e. The van der Waals surface area contributed by atoms with E-state index in [1.165, 1.54) is 6.42 Å². The van der Waals surface area contributed by atoms with Crippen molar-refractivity contribution in [2.75, 3.05) is 0 Å². The lowest BCUT2D eigenvalue weighted by Gasteiger charge is -2.33. The third-order valence-electron chi connectivity index (χ3n) is 4.85. The quantitative estimate of drug-likeness (QED) is 0.890. The zero-order chi connectivity index (χ0) is 12.8. The van der Waals surface area contributed by atoms with Gasteiger partial charge in [0.15, 0.2) is 0 Å². The first-order valence-electron chi connectivity index (χ1n) is 6.74. The van der Waals surface area contributed by atoms with Gasteiger partial charge in [-0.1, -0.05) is 12.5 Å². The Morgan fingerprint density at radius 1 is 1.50 bits per heavy atom. The maximum atomic E-state index is 11.8. The summed E-state index contributed by atoms with van der Waals surface area (Å²) in [6.45, 7) is 2.00. The molecule has 3 unspecified atom stereocenters. The number of hydrogen-bond acceptors (Lipinski definition) is 2. The Morgan fingerprint density at radius 2 is 2.33 bits per heavy atom. The van der Waals surface area contributed by atoms with Crippen LogP contribution in [0.15, 0.2) is 18.5 Å². The standard InChI is InChI=1S/C15H19NO2/c1-10-4-12(9-16-8-10)7-15(14(17)18)6-11-2-3-13(15)5-11/h4,8-9,11,13H,2-3,5-7H2,1H3,(H,17,18). The molecule has 2 aliphatic carbocycles.